The quantitative estimate of drug-likeness (QED) is 0.717. The second kappa shape index (κ2) is 4.35. The van der Waals surface area contributed by atoms with Crippen molar-refractivity contribution in [2.45, 2.75) is 18.9 Å². The van der Waals surface area contributed by atoms with Gasteiger partial charge in [-0.15, -0.1) is 0 Å². The van der Waals surface area contributed by atoms with Crippen LogP contribution in [0.5, 0.6) is 0 Å². The summed E-state index contributed by atoms with van der Waals surface area (Å²) in [7, 11) is 2.19. The van der Waals surface area contributed by atoms with Gasteiger partial charge in [-0.1, -0.05) is 6.07 Å². The van der Waals surface area contributed by atoms with Crippen LogP contribution in [-0.4, -0.2) is 23.5 Å². The lowest BCUT2D eigenvalue weighted by Crippen LogP contribution is -2.17. The number of pyridine rings is 1. The summed E-state index contributed by atoms with van der Waals surface area (Å²) in [6, 6.07) is 4.79. The summed E-state index contributed by atoms with van der Waals surface area (Å²) in [5.41, 5.74) is 1.36. The summed E-state index contributed by atoms with van der Waals surface area (Å²) in [4.78, 5) is 6.54. The summed E-state index contributed by atoms with van der Waals surface area (Å²) < 4.78 is 0. The first-order valence-corrected chi connectivity index (χ1v) is 4.48. The van der Waals surface area contributed by atoms with E-state index in [0.29, 0.717) is 6.04 Å². The van der Waals surface area contributed by atoms with Gasteiger partial charge in [-0.3, -0.25) is 9.88 Å². The molecule has 3 N–H and O–H groups in total. The Morgan fingerprint density at radius 2 is 2.38 bits per heavy atom. The molecule has 3 nitrogen and oxygen atoms in total. The molecule has 1 fully saturated rings. The molecule has 2 rings (SSSR count). The van der Waals surface area contributed by atoms with Crippen molar-refractivity contribution in [3.8, 4) is 0 Å². The Morgan fingerprint density at radius 1 is 1.54 bits per heavy atom. The third kappa shape index (κ3) is 2.05. The maximum Gasteiger partial charge on any atom is 0.0360 e. The number of aromatic nitrogens is 1. The van der Waals surface area contributed by atoms with Crippen LogP contribution in [0.15, 0.2) is 24.5 Å². The zero-order chi connectivity index (χ0) is 8.39. The topological polar surface area (TPSA) is 51.1 Å². The van der Waals surface area contributed by atoms with Crippen LogP contribution in [-0.2, 0) is 0 Å². The molecule has 1 aromatic rings. The van der Waals surface area contributed by atoms with Crippen molar-refractivity contribution < 1.29 is 0 Å². The fourth-order valence-electron chi connectivity index (χ4n) is 1.90. The zero-order valence-electron chi connectivity index (χ0n) is 8.11. The summed E-state index contributed by atoms with van der Waals surface area (Å²) in [5, 5.41) is 0. The van der Waals surface area contributed by atoms with Crippen molar-refractivity contribution in [1.82, 2.24) is 16.0 Å². The van der Waals surface area contributed by atoms with Gasteiger partial charge in [0.25, 0.3) is 0 Å². The summed E-state index contributed by atoms with van der Waals surface area (Å²) in [6.45, 7) is 1.22. The van der Waals surface area contributed by atoms with Crippen molar-refractivity contribution in [3.63, 3.8) is 0 Å². The van der Waals surface area contributed by atoms with E-state index in [1.807, 2.05) is 18.5 Å². The van der Waals surface area contributed by atoms with Gasteiger partial charge in [0.05, 0.1) is 0 Å². The SMILES string of the molecule is CN1CCCC1c1cccnc1.N. The molecule has 0 amide bonds. The van der Waals surface area contributed by atoms with Gasteiger partial charge < -0.3 is 6.15 Å². The van der Waals surface area contributed by atoms with Gasteiger partial charge in [-0.25, -0.2) is 0 Å². The highest BCUT2D eigenvalue weighted by molar-refractivity contribution is 5.14. The Balaban J connectivity index is 0.000000845. The fraction of sp³-hybridized carbons (Fsp3) is 0.500. The predicted molar refractivity (Wildman–Crippen MR) is 53.9 cm³/mol. The Hall–Kier alpha value is -0.930. The lowest BCUT2D eigenvalue weighted by atomic mass is 10.1. The van der Waals surface area contributed by atoms with Crippen molar-refractivity contribution in [3.05, 3.63) is 30.1 Å². The highest BCUT2D eigenvalue weighted by Crippen LogP contribution is 2.29. The van der Waals surface area contributed by atoms with Gasteiger partial charge in [-0.2, -0.15) is 0 Å². The maximum atomic E-state index is 4.14. The van der Waals surface area contributed by atoms with Gasteiger partial charge in [0.15, 0.2) is 0 Å². The Labute approximate surface area is 79.4 Å². The molecule has 0 saturated carbocycles. The van der Waals surface area contributed by atoms with Crippen molar-refractivity contribution in [2.24, 2.45) is 0 Å². The normalized spacial score (nSPS) is 22.7. The number of hydrogen-bond donors (Lipinski definition) is 1. The molecule has 1 atom stereocenters. The molecule has 13 heavy (non-hydrogen) atoms. The molecule has 0 aromatic carbocycles. The molecule has 0 spiro atoms. The molecule has 72 valence electrons. The molecule has 0 radical (unpaired) electrons. The number of nitrogens with zero attached hydrogens (tertiary/aromatic N) is 2. The predicted octanol–water partition coefficient (Wildman–Crippen LogP) is 2.01. The monoisotopic (exact) mass is 179 g/mol. The van der Waals surface area contributed by atoms with Crippen molar-refractivity contribution in [1.29, 1.82) is 0 Å². The van der Waals surface area contributed by atoms with Gasteiger partial charge in [0.1, 0.15) is 0 Å². The van der Waals surface area contributed by atoms with Crippen molar-refractivity contribution >= 4 is 0 Å². The van der Waals surface area contributed by atoms with E-state index in [4.69, 9.17) is 0 Å². The maximum absolute atomic E-state index is 4.14. The Morgan fingerprint density at radius 3 is 2.92 bits per heavy atom. The largest absolute Gasteiger partial charge is 0.344 e. The first kappa shape index (κ1) is 10.2. The van der Waals surface area contributed by atoms with Crippen LogP contribution in [0.4, 0.5) is 0 Å². The van der Waals surface area contributed by atoms with E-state index in [2.05, 4.69) is 23.0 Å². The van der Waals surface area contributed by atoms with E-state index in [1.54, 1.807) is 0 Å². The van der Waals surface area contributed by atoms with Crippen LogP contribution >= 0.6 is 0 Å². The van der Waals surface area contributed by atoms with Crippen LogP contribution in [0.2, 0.25) is 0 Å². The first-order chi connectivity index (χ1) is 5.88. The van der Waals surface area contributed by atoms with Gasteiger partial charge >= 0.3 is 0 Å². The minimum absolute atomic E-state index is 0. The van der Waals surface area contributed by atoms with Crippen molar-refractivity contribution in [2.75, 3.05) is 13.6 Å². The summed E-state index contributed by atoms with van der Waals surface area (Å²) in [6.07, 6.45) is 6.41. The molecule has 3 heteroatoms. The first-order valence-electron chi connectivity index (χ1n) is 4.48. The average molecular weight is 179 g/mol. The molecular weight excluding hydrogens is 162 g/mol. The second-order valence-electron chi connectivity index (χ2n) is 3.42. The molecule has 1 aliphatic rings. The van der Waals surface area contributed by atoms with E-state index in [-0.39, 0.29) is 6.15 Å². The van der Waals surface area contributed by atoms with Gasteiger partial charge in [0.2, 0.25) is 0 Å². The zero-order valence-corrected chi connectivity index (χ0v) is 8.11. The standard InChI is InChI=1S/C10H14N2.H3N/c1-12-7-3-5-10(12)9-4-2-6-11-8-9;/h2,4,6,8,10H,3,5,7H2,1H3;1H3. The van der Waals surface area contributed by atoms with Crippen LogP contribution in [0.1, 0.15) is 24.4 Å². The minimum atomic E-state index is 0. The summed E-state index contributed by atoms with van der Waals surface area (Å²) >= 11 is 0. The molecule has 0 bridgehead atoms. The third-order valence-electron chi connectivity index (χ3n) is 2.59. The molecule has 1 saturated heterocycles. The average Bonchev–Trinajstić information content (AvgIpc) is 2.53. The summed E-state index contributed by atoms with van der Waals surface area (Å²) in [5.74, 6) is 0. The number of rotatable bonds is 1. The van der Waals surface area contributed by atoms with Gasteiger partial charge in [-0.05, 0) is 38.1 Å². The molecule has 1 unspecified atom stereocenters. The highest BCUT2D eigenvalue weighted by atomic mass is 15.1. The molecule has 2 heterocycles. The number of hydrogen-bond acceptors (Lipinski definition) is 3. The van der Waals surface area contributed by atoms with E-state index < -0.39 is 0 Å². The highest BCUT2D eigenvalue weighted by Gasteiger charge is 2.21. The molecule has 0 aliphatic carbocycles. The van der Waals surface area contributed by atoms with E-state index >= 15 is 0 Å². The van der Waals surface area contributed by atoms with Crippen LogP contribution < -0.4 is 6.15 Å². The minimum Gasteiger partial charge on any atom is -0.344 e. The number of likely N-dealkylation sites (tertiary alicyclic amines) is 1. The van der Waals surface area contributed by atoms with Gasteiger partial charge in [0, 0.05) is 18.4 Å². The second-order valence-corrected chi connectivity index (χ2v) is 3.42. The third-order valence-corrected chi connectivity index (χ3v) is 2.59. The van der Waals surface area contributed by atoms with Crippen LogP contribution in [0.3, 0.4) is 0 Å². The molecule has 1 aromatic heterocycles. The lowest BCUT2D eigenvalue weighted by Gasteiger charge is -2.18. The van der Waals surface area contributed by atoms with E-state index in [9.17, 15) is 0 Å². The van der Waals surface area contributed by atoms with E-state index in [0.717, 1.165) is 0 Å². The van der Waals surface area contributed by atoms with Crippen LogP contribution in [0.25, 0.3) is 0 Å². The molecular formula is C10H17N3. The van der Waals surface area contributed by atoms with E-state index in [1.165, 1.54) is 24.9 Å². The smallest absolute Gasteiger partial charge is 0.0360 e. The molecule has 1 aliphatic heterocycles. The lowest BCUT2D eigenvalue weighted by molar-refractivity contribution is 0.317. The Bertz CT molecular complexity index is 248. The Kier molecular flexibility index (Phi) is 3.39. The van der Waals surface area contributed by atoms with Crippen LogP contribution in [0, 0.1) is 0 Å². The fourth-order valence-corrected chi connectivity index (χ4v) is 1.90.